The third kappa shape index (κ3) is 3.12. The van der Waals surface area contributed by atoms with Crippen LogP contribution in [0.3, 0.4) is 0 Å². The molecule has 10 heteroatoms. The predicted molar refractivity (Wildman–Crippen MR) is 103 cm³/mol. The fourth-order valence-electron chi connectivity index (χ4n) is 5.83. The summed E-state index contributed by atoms with van der Waals surface area (Å²) >= 11 is 0. The summed E-state index contributed by atoms with van der Waals surface area (Å²) in [7, 11) is 0. The highest BCUT2D eigenvalue weighted by Crippen LogP contribution is 2.59. The summed E-state index contributed by atoms with van der Waals surface area (Å²) in [6.45, 7) is 4.51. The molecule has 2 heterocycles. The number of aliphatic hydroxyl groups excluding tert-OH is 4. The minimum Gasteiger partial charge on any atom is -0.456 e. The van der Waals surface area contributed by atoms with Crippen LogP contribution in [0, 0.1) is 11.3 Å². The highest BCUT2D eigenvalue weighted by Gasteiger charge is 2.71. The molecule has 0 amide bonds. The second-order valence-corrected chi connectivity index (χ2v) is 9.81. The van der Waals surface area contributed by atoms with Crippen LogP contribution in [0.2, 0.25) is 0 Å². The number of esters is 1. The van der Waals surface area contributed by atoms with Crippen LogP contribution in [0.4, 0.5) is 0 Å². The first kappa shape index (κ1) is 23.1. The molecule has 11 atom stereocenters. The topological polar surface area (TPSA) is 166 Å². The fourth-order valence-corrected chi connectivity index (χ4v) is 5.83. The molecule has 31 heavy (non-hydrogen) atoms. The van der Waals surface area contributed by atoms with Crippen molar-refractivity contribution in [2.45, 2.75) is 94.1 Å². The van der Waals surface area contributed by atoms with Crippen molar-refractivity contribution in [2.75, 3.05) is 6.61 Å². The minimum atomic E-state index is -2.02. The van der Waals surface area contributed by atoms with Gasteiger partial charge in [-0.15, -0.1) is 0 Å². The summed E-state index contributed by atoms with van der Waals surface area (Å²) in [6.07, 6.45) is -5.62. The van der Waals surface area contributed by atoms with Crippen LogP contribution < -0.4 is 0 Å². The lowest BCUT2D eigenvalue weighted by atomic mass is 9.53. The lowest BCUT2D eigenvalue weighted by Gasteiger charge is -2.56. The number of ether oxygens (including phenoxy) is 3. The van der Waals surface area contributed by atoms with Gasteiger partial charge < -0.3 is 44.8 Å². The van der Waals surface area contributed by atoms with Crippen molar-refractivity contribution in [2.24, 2.45) is 11.3 Å². The number of carbonyl (C=O) groups excluding carboxylic acids is 1. The van der Waals surface area contributed by atoms with Crippen molar-refractivity contribution in [3.63, 3.8) is 0 Å². The maximum Gasteiger partial charge on any atom is 0.341 e. The van der Waals surface area contributed by atoms with Gasteiger partial charge in [-0.25, -0.2) is 4.79 Å². The van der Waals surface area contributed by atoms with Gasteiger partial charge in [-0.3, -0.25) is 0 Å². The van der Waals surface area contributed by atoms with E-state index in [2.05, 4.69) is 0 Å². The van der Waals surface area contributed by atoms with Crippen molar-refractivity contribution in [3.05, 3.63) is 11.6 Å². The van der Waals surface area contributed by atoms with Crippen molar-refractivity contribution < 1.29 is 49.6 Å². The molecule has 6 N–H and O–H groups in total. The molecule has 0 unspecified atom stereocenters. The lowest BCUT2D eigenvalue weighted by Crippen LogP contribution is -2.66. The van der Waals surface area contributed by atoms with E-state index >= 15 is 0 Å². The maximum absolute atomic E-state index is 12.3. The van der Waals surface area contributed by atoms with Gasteiger partial charge in [0.25, 0.3) is 0 Å². The van der Waals surface area contributed by atoms with Gasteiger partial charge >= 0.3 is 5.97 Å². The number of hydrogen-bond acceptors (Lipinski definition) is 10. The Balaban J connectivity index is 1.62. The Hall–Kier alpha value is -1.11. The molecule has 0 aromatic rings. The van der Waals surface area contributed by atoms with E-state index < -0.39 is 78.0 Å². The largest absolute Gasteiger partial charge is 0.456 e. The summed E-state index contributed by atoms with van der Waals surface area (Å²) < 4.78 is 17.1. The molecule has 1 saturated carbocycles. The van der Waals surface area contributed by atoms with E-state index in [0.717, 1.165) is 5.57 Å². The molecule has 0 aromatic carbocycles. The Morgan fingerprint density at radius 3 is 2.45 bits per heavy atom. The van der Waals surface area contributed by atoms with Gasteiger partial charge in [0.2, 0.25) is 0 Å². The zero-order valence-electron chi connectivity index (χ0n) is 17.8. The Bertz CT molecular complexity index is 765. The normalized spacial score (nSPS) is 54.6. The van der Waals surface area contributed by atoms with Gasteiger partial charge in [0.15, 0.2) is 11.9 Å². The molecule has 0 aromatic heterocycles. The minimum absolute atomic E-state index is 0.102. The Morgan fingerprint density at radius 2 is 1.81 bits per heavy atom. The number of hydrogen-bond donors (Lipinski definition) is 6. The zero-order valence-corrected chi connectivity index (χ0v) is 17.8. The number of carbonyl (C=O) groups is 1. The molecule has 2 aliphatic carbocycles. The summed E-state index contributed by atoms with van der Waals surface area (Å²) in [5.41, 5.74) is -3.52. The van der Waals surface area contributed by atoms with E-state index in [9.17, 15) is 35.4 Å². The second kappa shape index (κ2) is 7.46. The SMILES string of the molecule is CC1=CC[C@H](O[C@@H]2O[C@H](CO)[C@@H](O)[C@H](O)[C@H]2O)[C@@]2(C)CC[C@]3(O)[C@@H](OC(=O)[C@@]3(C)O)[C@H]12. The van der Waals surface area contributed by atoms with Crippen molar-refractivity contribution in [1.82, 2.24) is 0 Å². The summed E-state index contributed by atoms with van der Waals surface area (Å²) in [6, 6.07) is 0. The van der Waals surface area contributed by atoms with Gasteiger partial charge in [-0.05, 0) is 33.1 Å². The van der Waals surface area contributed by atoms with Gasteiger partial charge in [0.05, 0.1) is 12.7 Å². The number of rotatable bonds is 3. The van der Waals surface area contributed by atoms with Crippen LogP contribution >= 0.6 is 0 Å². The monoisotopic (exact) mass is 444 g/mol. The van der Waals surface area contributed by atoms with Crippen LogP contribution in [-0.2, 0) is 19.0 Å². The van der Waals surface area contributed by atoms with Gasteiger partial charge in [-0.2, -0.15) is 0 Å². The lowest BCUT2D eigenvalue weighted by molar-refractivity contribution is -0.325. The summed E-state index contributed by atoms with van der Waals surface area (Å²) in [4.78, 5) is 12.3. The molecule has 0 spiro atoms. The van der Waals surface area contributed by atoms with Crippen LogP contribution in [0.25, 0.3) is 0 Å². The van der Waals surface area contributed by atoms with Crippen molar-refractivity contribution in [3.8, 4) is 0 Å². The van der Waals surface area contributed by atoms with Gasteiger partial charge in [-0.1, -0.05) is 18.6 Å². The quantitative estimate of drug-likeness (QED) is 0.219. The first-order valence-corrected chi connectivity index (χ1v) is 10.7. The third-order valence-corrected chi connectivity index (χ3v) is 8.03. The van der Waals surface area contributed by atoms with Gasteiger partial charge in [0, 0.05) is 11.3 Å². The average Bonchev–Trinajstić information content (AvgIpc) is 2.89. The number of fused-ring (bicyclic) bond motifs is 3. The number of aliphatic hydroxyl groups is 6. The molecule has 10 nitrogen and oxygen atoms in total. The van der Waals surface area contributed by atoms with Crippen molar-refractivity contribution in [1.29, 1.82) is 0 Å². The first-order valence-electron chi connectivity index (χ1n) is 10.7. The third-order valence-electron chi connectivity index (χ3n) is 8.03. The highest BCUT2D eigenvalue weighted by atomic mass is 16.7. The maximum atomic E-state index is 12.3. The molecule has 4 aliphatic rings. The molecular weight excluding hydrogens is 412 g/mol. The van der Waals surface area contributed by atoms with E-state index in [1.54, 1.807) is 0 Å². The summed E-state index contributed by atoms with van der Waals surface area (Å²) in [5.74, 6) is -1.32. The van der Waals surface area contributed by atoms with Crippen LogP contribution in [0.15, 0.2) is 11.6 Å². The van der Waals surface area contributed by atoms with Crippen LogP contribution in [-0.4, -0.2) is 97.3 Å². The van der Waals surface area contributed by atoms with E-state index in [0.29, 0.717) is 12.8 Å². The van der Waals surface area contributed by atoms with Crippen molar-refractivity contribution >= 4 is 5.97 Å². The Labute approximate surface area is 180 Å². The fraction of sp³-hybridized carbons (Fsp3) is 0.857. The molecule has 0 radical (unpaired) electrons. The zero-order chi connectivity index (χ0) is 22.9. The summed E-state index contributed by atoms with van der Waals surface area (Å²) in [5, 5.41) is 61.8. The molecular formula is C21H32O10. The van der Waals surface area contributed by atoms with Crippen LogP contribution in [0.1, 0.15) is 40.0 Å². The first-order chi connectivity index (χ1) is 14.4. The average molecular weight is 444 g/mol. The molecule has 176 valence electrons. The van der Waals surface area contributed by atoms with Crippen LogP contribution in [0.5, 0.6) is 0 Å². The molecule has 2 saturated heterocycles. The van der Waals surface area contributed by atoms with Gasteiger partial charge in [0.1, 0.15) is 36.1 Å². The van der Waals surface area contributed by atoms with E-state index in [1.807, 2.05) is 19.9 Å². The molecule has 3 fully saturated rings. The second-order valence-electron chi connectivity index (χ2n) is 9.81. The Morgan fingerprint density at radius 1 is 1.13 bits per heavy atom. The van der Waals surface area contributed by atoms with E-state index in [1.165, 1.54) is 6.92 Å². The standard InChI is InChI=1S/C21H32O10/c1-9-4-5-11(30-17-15(25)14(24)13(23)10(8-22)29-17)19(2)6-7-21(28)16(12(9)19)31-18(26)20(21,3)27/h4,10-17,22-25,27-28H,5-8H2,1-3H3/t10-,11+,12+,13-,14+,15-,16+,17+,19-,20-,21+/m1/s1. The molecule has 4 rings (SSSR count). The Kier molecular flexibility index (Phi) is 5.55. The molecule has 2 aliphatic heterocycles. The van der Waals surface area contributed by atoms with E-state index in [-0.39, 0.29) is 6.42 Å². The molecule has 0 bridgehead atoms. The van der Waals surface area contributed by atoms with E-state index in [4.69, 9.17) is 14.2 Å². The predicted octanol–water partition coefficient (Wildman–Crippen LogP) is -1.65. The smallest absolute Gasteiger partial charge is 0.341 e. The highest BCUT2D eigenvalue weighted by molar-refractivity contribution is 5.84.